The number of primary amides is 1. The number of hydrogen-bond donors (Lipinski definition) is 2. The Labute approximate surface area is 127 Å². The van der Waals surface area contributed by atoms with Crippen molar-refractivity contribution < 1.29 is 9.18 Å². The fourth-order valence-corrected chi connectivity index (χ4v) is 2.25. The molecule has 0 spiro atoms. The van der Waals surface area contributed by atoms with Crippen molar-refractivity contribution in [2.45, 2.75) is 6.54 Å². The van der Waals surface area contributed by atoms with E-state index < -0.39 is 11.7 Å². The summed E-state index contributed by atoms with van der Waals surface area (Å²) >= 11 is 6.09. The summed E-state index contributed by atoms with van der Waals surface area (Å²) in [7, 11) is 1.70. The average Bonchev–Trinajstić information content (AvgIpc) is 2.40. The zero-order chi connectivity index (χ0) is 15.6. The predicted octanol–water partition coefficient (Wildman–Crippen LogP) is 2.80. The van der Waals surface area contributed by atoms with Crippen molar-refractivity contribution in [2.24, 2.45) is 5.73 Å². The summed E-state index contributed by atoms with van der Waals surface area (Å²) < 4.78 is 14.0. The monoisotopic (exact) mass is 307 g/mol. The highest BCUT2D eigenvalue weighted by atomic mass is 35.5. The van der Waals surface area contributed by atoms with Crippen LogP contribution in [0.4, 0.5) is 15.8 Å². The number of rotatable bonds is 4. The van der Waals surface area contributed by atoms with Crippen molar-refractivity contribution in [3.05, 3.63) is 58.4 Å². The first-order chi connectivity index (χ1) is 9.90. The Morgan fingerprint density at radius 2 is 2.00 bits per heavy atom. The van der Waals surface area contributed by atoms with Gasteiger partial charge in [-0.1, -0.05) is 29.8 Å². The van der Waals surface area contributed by atoms with Crippen LogP contribution < -0.4 is 16.4 Å². The van der Waals surface area contributed by atoms with Crippen LogP contribution in [0.5, 0.6) is 0 Å². The first kappa shape index (κ1) is 15.1. The Bertz CT molecular complexity index is 691. The summed E-state index contributed by atoms with van der Waals surface area (Å²) in [5.41, 5.74) is 12.0. The van der Waals surface area contributed by atoms with E-state index in [1.54, 1.807) is 18.0 Å². The predicted molar refractivity (Wildman–Crippen MR) is 82.9 cm³/mol. The lowest BCUT2D eigenvalue weighted by Gasteiger charge is -2.21. The molecule has 0 saturated heterocycles. The van der Waals surface area contributed by atoms with Crippen molar-refractivity contribution >= 4 is 28.9 Å². The van der Waals surface area contributed by atoms with Gasteiger partial charge in [-0.3, -0.25) is 4.79 Å². The Kier molecular flexibility index (Phi) is 4.33. The Balaban J connectivity index is 2.35. The Morgan fingerprint density at radius 1 is 1.33 bits per heavy atom. The molecule has 4 N–H and O–H groups in total. The van der Waals surface area contributed by atoms with Gasteiger partial charge < -0.3 is 16.4 Å². The fraction of sp³-hybridized carbons (Fsp3) is 0.133. The van der Waals surface area contributed by atoms with E-state index in [2.05, 4.69) is 0 Å². The maximum Gasteiger partial charge on any atom is 0.250 e. The summed E-state index contributed by atoms with van der Waals surface area (Å²) in [4.78, 5) is 12.9. The lowest BCUT2D eigenvalue weighted by Crippen LogP contribution is -2.20. The smallest absolute Gasteiger partial charge is 0.250 e. The molecule has 2 aromatic rings. The largest absolute Gasteiger partial charge is 0.398 e. The summed E-state index contributed by atoms with van der Waals surface area (Å²) in [6.45, 7) is 0.388. The second kappa shape index (κ2) is 6.01. The van der Waals surface area contributed by atoms with E-state index in [4.69, 9.17) is 23.1 Å². The molecule has 2 aromatic carbocycles. The van der Waals surface area contributed by atoms with E-state index in [9.17, 15) is 9.18 Å². The molecule has 0 heterocycles. The van der Waals surface area contributed by atoms with E-state index in [1.165, 1.54) is 6.07 Å². The number of nitrogens with zero attached hydrogens (tertiary/aromatic N) is 1. The second-order valence-electron chi connectivity index (χ2n) is 4.70. The molecule has 2 rings (SSSR count). The average molecular weight is 308 g/mol. The third kappa shape index (κ3) is 3.25. The highest BCUT2D eigenvalue weighted by Gasteiger charge is 2.15. The summed E-state index contributed by atoms with van der Waals surface area (Å²) in [6, 6.07) is 9.73. The molecule has 110 valence electrons. The molecule has 0 aliphatic rings. The van der Waals surface area contributed by atoms with Crippen LogP contribution in [-0.4, -0.2) is 13.0 Å². The normalized spacial score (nSPS) is 10.4. The zero-order valence-electron chi connectivity index (χ0n) is 11.4. The SMILES string of the molecule is CN(Cc1ccccc1Cl)c1cc(C(N)=O)c(N)cc1F. The van der Waals surface area contributed by atoms with Crippen LogP contribution >= 0.6 is 11.6 Å². The van der Waals surface area contributed by atoms with Crippen LogP contribution in [-0.2, 0) is 6.54 Å². The number of nitrogens with two attached hydrogens (primary N) is 2. The minimum atomic E-state index is -0.695. The third-order valence-corrected chi connectivity index (χ3v) is 3.53. The Morgan fingerprint density at radius 3 is 2.62 bits per heavy atom. The quantitative estimate of drug-likeness (QED) is 0.853. The number of hydrogen-bond acceptors (Lipinski definition) is 3. The minimum absolute atomic E-state index is 0.0230. The zero-order valence-corrected chi connectivity index (χ0v) is 12.2. The number of amides is 1. The summed E-state index contributed by atoms with van der Waals surface area (Å²) in [5.74, 6) is -1.22. The van der Waals surface area contributed by atoms with E-state index in [1.807, 2.05) is 18.2 Å². The van der Waals surface area contributed by atoms with Crippen LogP contribution in [0, 0.1) is 5.82 Å². The van der Waals surface area contributed by atoms with Crippen LogP contribution in [0.3, 0.4) is 0 Å². The molecule has 0 saturated carbocycles. The van der Waals surface area contributed by atoms with E-state index in [0.717, 1.165) is 11.6 Å². The van der Waals surface area contributed by atoms with Crippen molar-refractivity contribution in [1.29, 1.82) is 0 Å². The highest BCUT2D eigenvalue weighted by Crippen LogP contribution is 2.27. The molecule has 0 bridgehead atoms. The van der Waals surface area contributed by atoms with Crippen molar-refractivity contribution in [1.82, 2.24) is 0 Å². The molecule has 0 aliphatic heterocycles. The number of anilines is 2. The number of carbonyl (C=O) groups is 1. The molecule has 0 aromatic heterocycles. The standard InChI is InChI=1S/C15H15ClFN3O/c1-20(8-9-4-2-3-5-11(9)16)14-6-10(15(19)21)13(18)7-12(14)17/h2-7H,8,18H2,1H3,(H2,19,21). The number of benzene rings is 2. The molecule has 1 amide bonds. The van der Waals surface area contributed by atoms with E-state index in [-0.39, 0.29) is 16.9 Å². The third-order valence-electron chi connectivity index (χ3n) is 3.16. The first-order valence-corrected chi connectivity index (χ1v) is 6.61. The molecule has 0 aliphatic carbocycles. The lowest BCUT2D eigenvalue weighted by molar-refractivity contribution is 0.100. The van der Waals surface area contributed by atoms with E-state index in [0.29, 0.717) is 11.6 Å². The van der Waals surface area contributed by atoms with Crippen molar-refractivity contribution in [2.75, 3.05) is 17.7 Å². The number of halogens is 2. The van der Waals surface area contributed by atoms with Crippen molar-refractivity contribution in [3.8, 4) is 0 Å². The fourth-order valence-electron chi connectivity index (χ4n) is 2.05. The molecular formula is C15H15ClFN3O. The van der Waals surface area contributed by atoms with Crippen LogP contribution in [0.2, 0.25) is 5.02 Å². The van der Waals surface area contributed by atoms with Gasteiger partial charge in [0.05, 0.1) is 11.3 Å². The molecule has 21 heavy (non-hydrogen) atoms. The molecule has 4 nitrogen and oxygen atoms in total. The highest BCUT2D eigenvalue weighted by molar-refractivity contribution is 6.31. The molecular weight excluding hydrogens is 293 g/mol. The first-order valence-electron chi connectivity index (χ1n) is 6.23. The molecule has 0 fully saturated rings. The Hall–Kier alpha value is -2.27. The molecule has 0 atom stereocenters. The van der Waals surface area contributed by atoms with Gasteiger partial charge in [-0.15, -0.1) is 0 Å². The summed E-state index contributed by atoms with van der Waals surface area (Å²) in [6.07, 6.45) is 0. The number of carbonyl (C=O) groups excluding carboxylic acids is 1. The maximum atomic E-state index is 14.0. The van der Waals surface area contributed by atoms with Crippen LogP contribution in [0.25, 0.3) is 0 Å². The second-order valence-corrected chi connectivity index (χ2v) is 5.11. The van der Waals surface area contributed by atoms with Gasteiger partial charge in [-0.2, -0.15) is 0 Å². The lowest BCUT2D eigenvalue weighted by atomic mass is 10.1. The molecule has 0 unspecified atom stereocenters. The van der Waals surface area contributed by atoms with Gasteiger partial charge in [0.15, 0.2) is 0 Å². The molecule has 0 radical (unpaired) electrons. The van der Waals surface area contributed by atoms with Crippen LogP contribution in [0.1, 0.15) is 15.9 Å². The van der Waals surface area contributed by atoms with Crippen LogP contribution in [0.15, 0.2) is 36.4 Å². The summed E-state index contributed by atoms with van der Waals surface area (Å²) in [5, 5.41) is 0.593. The van der Waals surface area contributed by atoms with Gasteiger partial charge in [0, 0.05) is 24.3 Å². The minimum Gasteiger partial charge on any atom is -0.398 e. The van der Waals surface area contributed by atoms with Gasteiger partial charge in [-0.25, -0.2) is 4.39 Å². The number of nitrogen functional groups attached to an aromatic ring is 1. The molecule has 6 heteroatoms. The van der Waals surface area contributed by atoms with Gasteiger partial charge in [-0.05, 0) is 23.8 Å². The van der Waals surface area contributed by atoms with Crippen molar-refractivity contribution in [3.63, 3.8) is 0 Å². The maximum absolute atomic E-state index is 14.0. The van der Waals surface area contributed by atoms with Gasteiger partial charge >= 0.3 is 0 Å². The van der Waals surface area contributed by atoms with E-state index >= 15 is 0 Å². The van der Waals surface area contributed by atoms with Gasteiger partial charge in [0.2, 0.25) is 0 Å². The van der Waals surface area contributed by atoms with Gasteiger partial charge in [0.25, 0.3) is 5.91 Å². The van der Waals surface area contributed by atoms with Gasteiger partial charge in [0.1, 0.15) is 5.82 Å². The topological polar surface area (TPSA) is 72.3 Å².